The Bertz CT molecular complexity index is 549. The summed E-state index contributed by atoms with van der Waals surface area (Å²) in [5, 5.41) is 0.719. The summed E-state index contributed by atoms with van der Waals surface area (Å²) in [4.78, 5) is 16.3. The molecule has 82 valence electrons. The van der Waals surface area contributed by atoms with Crippen LogP contribution in [0.4, 0.5) is 0 Å². The summed E-state index contributed by atoms with van der Waals surface area (Å²) < 4.78 is 1.62. The molecule has 0 unspecified atom stereocenters. The first kappa shape index (κ1) is 11.0. The molecule has 1 heterocycles. The first-order valence-corrected chi connectivity index (χ1v) is 6.15. The lowest BCUT2D eigenvalue weighted by Crippen LogP contribution is -2.20. The second-order valence-electron chi connectivity index (χ2n) is 3.39. The molecule has 2 aromatic rings. The molecule has 0 saturated carbocycles. The summed E-state index contributed by atoms with van der Waals surface area (Å²) in [6.07, 6.45) is 1.92. The molecule has 4 heteroatoms. The van der Waals surface area contributed by atoms with Crippen LogP contribution < -0.4 is 5.56 Å². The van der Waals surface area contributed by atoms with Gasteiger partial charge in [-0.25, -0.2) is 4.98 Å². The molecule has 0 atom stereocenters. The summed E-state index contributed by atoms with van der Waals surface area (Å²) >= 11 is 1.47. The van der Waals surface area contributed by atoms with Gasteiger partial charge in [-0.2, -0.15) is 0 Å². The molecule has 3 nitrogen and oxygen atoms in total. The van der Waals surface area contributed by atoms with Crippen LogP contribution in [-0.4, -0.2) is 15.8 Å². The zero-order chi connectivity index (χ0) is 11.5. The minimum atomic E-state index is -0.0388. The molecule has 1 aromatic heterocycles. The molecule has 0 bridgehead atoms. The number of thioether (sulfide) groups is 1. The Kier molecular flexibility index (Phi) is 3.10. The summed E-state index contributed by atoms with van der Waals surface area (Å²) in [6.45, 7) is 1.83. The molecule has 0 saturated heterocycles. The van der Waals surface area contributed by atoms with Crippen LogP contribution in [0.3, 0.4) is 0 Å². The van der Waals surface area contributed by atoms with Gasteiger partial charge in [-0.1, -0.05) is 30.0 Å². The third kappa shape index (κ3) is 2.02. The number of aromatic nitrogens is 2. The topological polar surface area (TPSA) is 34.9 Å². The molecule has 0 spiro atoms. The minimum absolute atomic E-state index is 0.0388. The highest BCUT2D eigenvalue weighted by Gasteiger charge is 2.07. The third-order valence-electron chi connectivity index (χ3n) is 2.21. The minimum Gasteiger partial charge on any atom is -0.269 e. The smallest absolute Gasteiger partial charge is 0.258 e. The fourth-order valence-corrected chi connectivity index (χ4v) is 2.14. The van der Waals surface area contributed by atoms with E-state index in [4.69, 9.17) is 0 Å². The molecule has 16 heavy (non-hydrogen) atoms. The summed E-state index contributed by atoms with van der Waals surface area (Å²) in [7, 11) is 0. The van der Waals surface area contributed by atoms with Crippen molar-refractivity contribution < 1.29 is 0 Å². The van der Waals surface area contributed by atoms with E-state index in [9.17, 15) is 4.79 Å². The fourth-order valence-electron chi connectivity index (χ4n) is 1.52. The van der Waals surface area contributed by atoms with Crippen LogP contribution in [0.5, 0.6) is 0 Å². The van der Waals surface area contributed by atoms with Gasteiger partial charge in [0.1, 0.15) is 0 Å². The SMILES string of the molecule is CSc1nc(C)cc(=O)n1-c1ccccc1. The number of benzene rings is 1. The van der Waals surface area contributed by atoms with E-state index in [1.54, 1.807) is 10.6 Å². The Morgan fingerprint density at radius 1 is 1.25 bits per heavy atom. The number of nitrogens with zero attached hydrogens (tertiary/aromatic N) is 2. The molecule has 0 aliphatic rings. The van der Waals surface area contributed by atoms with E-state index in [1.807, 2.05) is 43.5 Å². The van der Waals surface area contributed by atoms with Gasteiger partial charge < -0.3 is 0 Å². The summed E-state index contributed by atoms with van der Waals surface area (Å²) in [5.41, 5.74) is 1.56. The van der Waals surface area contributed by atoms with Gasteiger partial charge in [-0.15, -0.1) is 0 Å². The van der Waals surface area contributed by atoms with Crippen LogP contribution in [0.1, 0.15) is 5.69 Å². The van der Waals surface area contributed by atoms with Gasteiger partial charge in [0.05, 0.1) is 5.69 Å². The van der Waals surface area contributed by atoms with Crippen LogP contribution in [0.25, 0.3) is 5.69 Å². The van der Waals surface area contributed by atoms with Crippen LogP contribution in [0.15, 0.2) is 46.3 Å². The average Bonchev–Trinajstić information content (AvgIpc) is 2.29. The number of aryl methyl sites for hydroxylation is 1. The van der Waals surface area contributed by atoms with Crippen LogP contribution >= 0.6 is 11.8 Å². The van der Waals surface area contributed by atoms with E-state index < -0.39 is 0 Å². The largest absolute Gasteiger partial charge is 0.269 e. The van der Waals surface area contributed by atoms with Crippen molar-refractivity contribution in [1.82, 2.24) is 9.55 Å². The second-order valence-corrected chi connectivity index (χ2v) is 4.17. The highest BCUT2D eigenvalue weighted by atomic mass is 32.2. The maximum Gasteiger partial charge on any atom is 0.258 e. The number of rotatable bonds is 2. The van der Waals surface area contributed by atoms with E-state index >= 15 is 0 Å². The average molecular weight is 232 g/mol. The standard InChI is InChI=1S/C12H12N2OS/c1-9-8-11(15)14(12(13-9)16-2)10-6-4-3-5-7-10/h3-8H,1-2H3. The molecule has 1 aromatic carbocycles. The molecule has 2 rings (SSSR count). The van der Waals surface area contributed by atoms with Gasteiger partial charge in [0, 0.05) is 11.8 Å². The lowest BCUT2D eigenvalue weighted by atomic mass is 10.3. The maximum atomic E-state index is 11.9. The van der Waals surface area contributed by atoms with Gasteiger partial charge in [-0.05, 0) is 25.3 Å². The molecule has 0 fully saturated rings. The van der Waals surface area contributed by atoms with E-state index in [2.05, 4.69) is 4.98 Å². The Balaban J connectivity index is 2.69. The summed E-state index contributed by atoms with van der Waals surface area (Å²) in [6, 6.07) is 11.1. The normalized spacial score (nSPS) is 10.4. The molecule has 0 amide bonds. The van der Waals surface area contributed by atoms with Crippen molar-refractivity contribution in [2.24, 2.45) is 0 Å². The van der Waals surface area contributed by atoms with E-state index in [0.29, 0.717) is 0 Å². The van der Waals surface area contributed by atoms with Crippen molar-refractivity contribution >= 4 is 11.8 Å². The fraction of sp³-hybridized carbons (Fsp3) is 0.167. The van der Waals surface area contributed by atoms with E-state index in [0.717, 1.165) is 16.5 Å². The molecule has 0 aliphatic carbocycles. The van der Waals surface area contributed by atoms with Crippen molar-refractivity contribution in [3.05, 3.63) is 52.4 Å². The molecular formula is C12H12N2OS. The zero-order valence-corrected chi connectivity index (χ0v) is 9.99. The molecule has 0 N–H and O–H groups in total. The van der Waals surface area contributed by atoms with Gasteiger partial charge in [0.2, 0.25) is 0 Å². The number of hydrogen-bond acceptors (Lipinski definition) is 3. The maximum absolute atomic E-state index is 11.9. The first-order chi connectivity index (χ1) is 7.72. The Labute approximate surface area is 98.2 Å². The lowest BCUT2D eigenvalue weighted by molar-refractivity contribution is 0.782. The lowest BCUT2D eigenvalue weighted by Gasteiger charge is -2.10. The first-order valence-electron chi connectivity index (χ1n) is 4.92. The Morgan fingerprint density at radius 3 is 2.56 bits per heavy atom. The number of para-hydroxylation sites is 1. The zero-order valence-electron chi connectivity index (χ0n) is 9.18. The predicted molar refractivity (Wildman–Crippen MR) is 66.4 cm³/mol. The van der Waals surface area contributed by atoms with Crippen molar-refractivity contribution in [3.8, 4) is 5.69 Å². The second kappa shape index (κ2) is 4.53. The van der Waals surface area contributed by atoms with Gasteiger partial charge in [0.25, 0.3) is 5.56 Å². The third-order valence-corrected chi connectivity index (χ3v) is 2.85. The van der Waals surface area contributed by atoms with Crippen molar-refractivity contribution in [1.29, 1.82) is 0 Å². The molecular weight excluding hydrogens is 220 g/mol. The Morgan fingerprint density at radius 2 is 1.94 bits per heavy atom. The molecule has 0 radical (unpaired) electrons. The van der Waals surface area contributed by atoms with E-state index in [-0.39, 0.29) is 5.56 Å². The van der Waals surface area contributed by atoms with Gasteiger partial charge in [0.15, 0.2) is 5.16 Å². The van der Waals surface area contributed by atoms with E-state index in [1.165, 1.54) is 11.8 Å². The van der Waals surface area contributed by atoms with Gasteiger partial charge in [-0.3, -0.25) is 9.36 Å². The van der Waals surface area contributed by atoms with Crippen LogP contribution in [0.2, 0.25) is 0 Å². The Hall–Kier alpha value is -1.55. The van der Waals surface area contributed by atoms with Crippen molar-refractivity contribution in [2.75, 3.05) is 6.26 Å². The van der Waals surface area contributed by atoms with Crippen LogP contribution in [-0.2, 0) is 0 Å². The van der Waals surface area contributed by atoms with Gasteiger partial charge >= 0.3 is 0 Å². The predicted octanol–water partition coefficient (Wildman–Crippen LogP) is 2.26. The quantitative estimate of drug-likeness (QED) is 0.588. The van der Waals surface area contributed by atoms with Crippen LogP contribution in [0, 0.1) is 6.92 Å². The molecule has 0 aliphatic heterocycles. The highest BCUT2D eigenvalue weighted by Crippen LogP contribution is 2.15. The summed E-state index contributed by atoms with van der Waals surface area (Å²) in [5.74, 6) is 0. The van der Waals surface area contributed by atoms with Crippen molar-refractivity contribution in [2.45, 2.75) is 12.1 Å². The monoisotopic (exact) mass is 232 g/mol. The highest BCUT2D eigenvalue weighted by molar-refractivity contribution is 7.98. The van der Waals surface area contributed by atoms with Crippen molar-refractivity contribution in [3.63, 3.8) is 0 Å². The number of hydrogen-bond donors (Lipinski definition) is 0.